The first-order valence-electron chi connectivity index (χ1n) is 14.9. The molecule has 4 aliphatic rings. The van der Waals surface area contributed by atoms with Gasteiger partial charge in [0.2, 0.25) is 0 Å². The van der Waals surface area contributed by atoms with Crippen LogP contribution in [0.3, 0.4) is 0 Å². The molecule has 0 radical (unpaired) electrons. The average molecular weight is 751 g/mol. The molecule has 4 rings (SSSR count). The highest BCUT2D eigenvalue weighted by atomic mass is 16.8. The Balaban J connectivity index is 1.51. The van der Waals surface area contributed by atoms with E-state index < -0.39 is 147 Å². The fourth-order valence-electron chi connectivity index (χ4n) is 5.86. The molecule has 0 saturated carbocycles. The van der Waals surface area contributed by atoms with Crippen LogP contribution in [-0.2, 0) is 61.8 Å². The largest absolute Gasteiger partial charge is 0.479 e. The van der Waals surface area contributed by atoms with Crippen molar-refractivity contribution in [2.24, 2.45) is 0 Å². The summed E-state index contributed by atoms with van der Waals surface area (Å²) in [7, 11) is 2.02. The molecule has 0 aromatic rings. The fourth-order valence-corrected chi connectivity index (χ4v) is 5.86. The van der Waals surface area contributed by atoms with E-state index in [0.29, 0.717) is 0 Å². The van der Waals surface area contributed by atoms with Crippen LogP contribution in [0.2, 0.25) is 0 Å². The van der Waals surface area contributed by atoms with Crippen molar-refractivity contribution in [2.45, 2.75) is 123 Å². The summed E-state index contributed by atoms with van der Waals surface area (Å²) in [4.78, 5) is 47.8. The van der Waals surface area contributed by atoms with Crippen LogP contribution < -0.4 is 0 Å². The van der Waals surface area contributed by atoms with E-state index in [1.165, 1.54) is 0 Å². The molecule has 0 bridgehead atoms. The Kier molecular flexibility index (Phi) is 13.2. The van der Waals surface area contributed by atoms with Crippen molar-refractivity contribution in [3.05, 3.63) is 0 Å². The topological polar surface area (TPSA) is 394 Å². The van der Waals surface area contributed by atoms with E-state index in [1.807, 2.05) is 0 Å². The molecule has 4 fully saturated rings. The maximum atomic E-state index is 12.2. The van der Waals surface area contributed by atoms with Crippen molar-refractivity contribution >= 4 is 23.9 Å². The fraction of sp³-hybridized carbons (Fsp3) is 0.846. The lowest BCUT2D eigenvalue weighted by molar-refractivity contribution is -0.378. The highest BCUT2D eigenvalue weighted by Crippen LogP contribution is 2.35. The standard InChI is InChI=1S/C26H38O25/c1-43-11-3(27)8(32)24(49-15(11)19(35)36)46-13-5(29)10(34)26(51-17(13)21(39)40)47-14-6(30)9(33)25(50-18(14)22(41)42)45-12-4(28)7(31)23(44-2)48-16(12)20(37)38/h3-18,23-34H,1-2H3,(H,35,36)(H,37,38)(H,39,40)(H,41,42)/t3-,4?,5?,6-,7?,8?,9?,10?,11-,12?,13?,14-,15?,16?,17?,18?,23?,24+,25+,26?/m0/s1. The van der Waals surface area contributed by atoms with Crippen LogP contribution in [0.4, 0.5) is 0 Å². The summed E-state index contributed by atoms with van der Waals surface area (Å²) in [6.07, 6.45) is -43.0. The third kappa shape index (κ3) is 8.09. The minimum atomic E-state index is -2.40. The monoisotopic (exact) mass is 750 g/mol. The Labute approximate surface area is 284 Å². The minimum Gasteiger partial charge on any atom is -0.479 e. The van der Waals surface area contributed by atoms with Gasteiger partial charge in [0.15, 0.2) is 49.6 Å². The Hall–Kier alpha value is -2.80. The van der Waals surface area contributed by atoms with Gasteiger partial charge in [0.25, 0.3) is 0 Å². The third-order valence-corrected chi connectivity index (χ3v) is 8.53. The molecule has 12 N–H and O–H groups in total. The SMILES string of the molecule is COC1OC(C(=O)O)C(O[C@@H]2OC(C(=O)O)[C@@H](OC3OC(C(=O)O)C(O[C@@H]4OC(C(=O)O)[C@@H](OC)[C@@H](O)C4O)C(O)C3O)[C@@H](O)C2O)C(O)C1O. The summed E-state index contributed by atoms with van der Waals surface area (Å²) < 4.78 is 46.0. The van der Waals surface area contributed by atoms with E-state index in [2.05, 4.69) is 0 Å². The number of ether oxygens (including phenoxy) is 9. The number of rotatable bonds is 12. The first-order chi connectivity index (χ1) is 23.9. The second kappa shape index (κ2) is 16.5. The average Bonchev–Trinajstić information content (AvgIpc) is 3.07. The second-order valence-corrected chi connectivity index (χ2v) is 11.7. The number of hydrogen-bond donors (Lipinski definition) is 12. The summed E-state index contributed by atoms with van der Waals surface area (Å²) in [5, 5.41) is 123. The lowest BCUT2D eigenvalue weighted by Crippen LogP contribution is -2.68. The zero-order valence-corrected chi connectivity index (χ0v) is 26.2. The van der Waals surface area contributed by atoms with E-state index in [-0.39, 0.29) is 0 Å². The van der Waals surface area contributed by atoms with Gasteiger partial charge in [-0.25, -0.2) is 19.2 Å². The highest BCUT2D eigenvalue weighted by molar-refractivity contribution is 5.75. The summed E-state index contributed by atoms with van der Waals surface area (Å²) >= 11 is 0. The van der Waals surface area contributed by atoms with E-state index in [9.17, 15) is 80.5 Å². The summed E-state index contributed by atoms with van der Waals surface area (Å²) in [6.45, 7) is 0. The maximum absolute atomic E-state index is 12.2. The Morgan fingerprint density at radius 3 is 0.863 bits per heavy atom. The number of aliphatic hydroxyl groups excluding tert-OH is 8. The first kappa shape index (κ1) is 41.0. The van der Waals surface area contributed by atoms with E-state index in [1.54, 1.807) is 0 Å². The zero-order valence-electron chi connectivity index (χ0n) is 26.2. The van der Waals surface area contributed by atoms with Crippen molar-refractivity contribution in [1.82, 2.24) is 0 Å². The quantitative estimate of drug-likeness (QED) is 0.0881. The number of hydrogen-bond acceptors (Lipinski definition) is 21. The van der Waals surface area contributed by atoms with Gasteiger partial charge in [0, 0.05) is 14.2 Å². The molecule has 0 aliphatic carbocycles. The van der Waals surface area contributed by atoms with E-state index in [4.69, 9.17) is 42.6 Å². The Morgan fingerprint density at radius 2 is 0.608 bits per heavy atom. The Morgan fingerprint density at radius 1 is 0.373 bits per heavy atom. The molecule has 51 heavy (non-hydrogen) atoms. The lowest BCUT2D eigenvalue weighted by Gasteiger charge is -2.48. The molecular formula is C26H38O25. The van der Waals surface area contributed by atoms with Gasteiger partial charge < -0.3 is 104 Å². The molecule has 25 nitrogen and oxygen atoms in total. The van der Waals surface area contributed by atoms with Crippen molar-refractivity contribution in [1.29, 1.82) is 0 Å². The highest BCUT2D eigenvalue weighted by Gasteiger charge is 2.58. The smallest absolute Gasteiger partial charge is 0.335 e. The lowest BCUT2D eigenvalue weighted by atomic mass is 9.95. The second-order valence-electron chi connectivity index (χ2n) is 11.7. The summed E-state index contributed by atoms with van der Waals surface area (Å²) in [6, 6.07) is 0. The zero-order chi connectivity index (χ0) is 38.2. The minimum absolute atomic E-state index is 1.000. The number of carboxylic acid groups (broad SMARTS) is 4. The number of aliphatic hydroxyl groups is 8. The molecule has 0 spiro atoms. The summed E-state index contributed by atoms with van der Waals surface area (Å²) in [5.41, 5.74) is 0. The van der Waals surface area contributed by atoms with Crippen LogP contribution in [-0.4, -0.2) is 222 Å². The van der Waals surface area contributed by atoms with E-state index in [0.717, 1.165) is 14.2 Å². The first-order valence-corrected chi connectivity index (χ1v) is 14.9. The van der Waals surface area contributed by atoms with Crippen molar-refractivity contribution < 1.29 is 123 Å². The third-order valence-electron chi connectivity index (χ3n) is 8.53. The van der Waals surface area contributed by atoms with Gasteiger partial charge in [-0.05, 0) is 0 Å². The van der Waals surface area contributed by atoms with Gasteiger partial charge in [0.05, 0.1) is 0 Å². The predicted octanol–water partition coefficient (Wildman–Crippen LogP) is -8.07. The number of carboxylic acids is 4. The number of carbonyl (C=O) groups is 4. The van der Waals surface area contributed by atoms with Gasteiger partial charge in [-0.1, -0.05) is 0 Å². The van der Waals surface area contributed by atoms with Gasteiger partial charge >= 0.3 is 23.9 Å². The molecule has 0 aromatic heterocycles. The molecule has 4 heterocycles. The molecule has 4 saturated heterocycles. The van der Waals surface area contributed by atoms with Crippen LogP contribution in [0.1, 0.15) is 0 Å². The molecule has 292 valence electrons. The van der Waals surface area contributed by atoms with Gasteiger partial charge in [0.1, 0.15) is 73.2 Å². The number of methoxy groups -OCH3 is 2. The van der Waals surface area contributed by atoms with Crippen molar-refractivity contribution in [3.63, 3.8) is 0 Å². The molecular weight excluding hydrogens is 712 g/mol. The van der Waals surface area contributed by atoms with Crippen LogP contribution in [0, 0.1) is 0 Å². The molecule has 0 amide bonds. The maximum Gasteiger partial charge on any atom is 0.335 e. The Bertz CT molecular complexity index is 1250. The number of aliphatic carboxylic acids is 4. The van der Waals surface area contributed by atoms with Crippen LogP contribution in [0.25, 0.3) is 0 Å². The van der Waals surface area contributed by atoms with Crippen LogP contribution >= 0.6 is 0 Å². The van der Waals surface area contributed by atoms with Gasteiger partial charge in [-0.2, -0.15) is 0 Å². The van der Waals surface area contributed by atoms with Crippen LogP contribution in [0.15, 0.2) is 0 Å². The summed E-state index contributed by atoms with van der Waals surface area (Å²) in [5.74, 6) is -7.32. The normalized spacial score (nSPS) is 47.7. The van der Waals surface area contributed by atoms with Gasteiger partial charge in [-0.15, -0.1) is 0 Å². The van der Waals surface area contributed by atoms with Crippen LogP contribution in [0.5, 0.6) is 0 Å². The molecule has 25 heteroatoms. The van der Waals surface area contributed by atoms with Gasteiger partial charge in [-0.3, -0.25) is 0 Å². The predicted molar refractivity (Wildman–Crippen MR) is 146 cm³/mol. The van der Waals surface area contributed by atoms with Crippen molar-refractivity contribution in [3.8, 4) is 0 Å². The molecule has 4 aliphatic heterocycles. The molecule has 14 unspecified atom stereocenters. The van der Waals surface area contributed by atoms with Crippen molar-refractivity contribution in [2.75, 3.05) is 14.2 Å². The van der Waals surface area contributed by atoms with E-state index >= 15 is 0 Å². The molecule has 0 aromatic carbocycles. The molecule has 20 atom stereocenters.